The Balaban J connectivity index is 2.00. The van der Waals surface area contributed by atoms with Gasteiger partial charge in [0.2, 0.25) is 0 Å². The van der Waals surface area contributed by atoms with Gasteiger partial charge in [0.15, 0.2) is 0 Å². The summed E-state index contributed by atoms with van der Waals surface area (Å²) < 4.78 is 5.38. The second-order valence-electron chi connectivity index (χ2n) is 4.73. The average Bonchev–Trinajstić information content (AvgIpc) is 2.85. The van der Waals surface area contributed by atoms with Crippen LogP contribution in [0.3, 0.4) is 0 Å². The van der Waals surface area contributed by atoms with Crippen molar-refractivity contribution in [1.82, 2.24) is 5.32 Å². The van der Waals surface area contributed by atoms with Crippen LogP contribution in [0.2, 0.25) is 0 Å². The number of furan rings is 1. The molecule has 4 heteroatoms. The molecule has 4 nitrogen and oxygen atoms in total. The van der Waals surface area contributed by atoms with E-state index in [1.807, 2.05) is 13.0 Å². The van der Waals surface area contributed by atoms with Crippen LogP contribution in [0.1, 0.15) is 28.8 Å². The van der Waals surface area contributed by atoms with Gasteiger partial charge in [-0.2, -0.15) is 0 Å². The van der Waals surface area contributed by atoms with Gasteiger partial charge in [-0.15, -0.1) is 0 Å². The Morgan fingerprint density at radius 3 is 2.53 bits per heavy atom. The molecule has 1 aromatic heterocycles. The maximum atomic E-state index is 11.9. The monoisotopic (exact) mass is 259 g/mol. The van der Waals surface area contributed by atoms with Crippen molar-refractivity contribution in [3.63, 3.8) is 0 Å². The van der Waals surface area contributed by atoms with Gasteiger partial charge in [-0.1, -0.05) is 18.2 Å². The maximum Gasteiger partial charge on any atom is 0.251 e. The summed E-state index contributed by atoms with van der Waals surface area (Å²) in [6, 6.07) is 12.4. The number of nitrogens with one attached hydrogen (secondary N) is 1. The second kappa shape index (κ2) is 5.28. The fourth-order valence-electron chi connectivity index (χ4n) is 1.76. The molecule has 1 unspecified atom stereocenters. The molecule has 0 fully saturated rings. The highest BCUT2D eigenvalue weighted by Crippen LogP contribution is 2.22. The predicted molar refractivity (Wildman–Crippen MR) is 71.8 cm³/mol. The number of hydrogen-bond donors (Lipinski definition) is 2. The number of amides is 1. The Morgan fingerprint density at radius 1 is 1.26 bits per heavy atom. The SMILES string of the molecule is Cc1ccc(C(C)(O)CNC(=O)c2ccccc2)o1. The third-order valence-electron chi connectivity index (χ3n) is 2.90. The fraction of sp³-hybridized carbons (Fsp3) is 0.267. The Kier molecular flexibility index (Phi) is 3.71. The first-order valence-electron chi connectivity index (χ1n) is 6.11. The molecule has 1 aromatic carbocycles. The number of rotatable bonds is 4. The summed E-state index contributed by atoms with van der Waals surface area (Å²) in [5, 5.41) is 13.0. The molecule has 100 valence electrons. The summed E-state index contributed by atoms with van der Waals surface area (Å²) in [6.07, 6.45) is 0. The Labute approximate surface area is 112 Å². The van der Waals surface area contributed by atoms with Crippen LogP contribution in [0.25, 0.3) is 0 Å². The van der Waals surface area contributed by atoms with Crippen molar-refractivity contribution in [3.05, 3.63) is 59.5 Å². The molecular formula is C15H17NO3. The molecule has 1 amide bonds. The van der Waals surface area contributed by atoms with Crippen molar-refractivity contribution in [1.29, 1.82) is 0 Å². The highest BCUT2D eigenvalue weighted by Gasteiger charge is 2.27. The summed E-state index contributed by atoms with van der Waals surface area (Å²) in [5.41, 5.74) is -0.660. The smallest absolute Gasteiger partial charge is 0.251 e. The molecule has 0 bridgehead atoms. The van der Waals surface area contributed by atoms with Gasteiger partial charge >= 0.3 is 0 Å². The van der Waals surface area contributed by atoms with E-state index in [1.54, 1.807) is 43.3 Å². The molecular weight excluding hydrogens is 242 g/mol. The van der Waals surface area contributed by atoms with E-state index < -0.39 is 5.60 Å². The number of hydrogen-bond acceptors (Lipinski definition) is 3. The first-order valence-corrected chi connectivity index (χ1v) is 6.11. The Bertz CT molecular complexity index is 558. The van der Waals surface area contributed by atoms with Crippen LogP contribution in [-0.2, 0) is 5.60 Å². The Morgan fingerprint density at radius 2 is 1.95 bits per heavy atom. The molecule has 0 aliphatic carbocycles. The molecule has 1 heterocycles. The van der Waals surface area contributed by atoms with E-state index in [0.717, 1.165) is 5.76 Å². The lowest BCUT2D eigenvalue weighted by Crippen LogP contribution is -2.38. The van der Waals surface area contributed by atoms with E-state index in [2.05, 4.69) is 5.32 Å². The number of aryl methyl sites for hydroxylation is 1. The van der Waals surface area contributed by atoms with Crippen LogP contribution in [0.5, 0.6) is 0 Å². The van der Waals surface area contributed by atoms with Gasteiger partial charge < -0.3 is 14.8 Å². The molecule has 0 saturated carbocycles. The van der Waals surface area contributed by atoms with Crippen LogP contribution in [0, 0.1) is 6.92 Å². The predicted octanol–water partition coefficient (Wildman–Crippen LogP) is 2.23. The molecule has 19 heavy (non-hydrogen) atoms. The van der Waals surface area contributed by atoms with Crippen molar-refractivity contribution in [2.45, 2.75) is 19.4 Å². The fourth-order valence-corrected chi connectivity index (χ4v) is 1.76. The summed E-state index contributed by atoms with van der Waals surface area (Å²) >= 11 is 0. The van der Waals surface area contributed by atoms with Gasteiger partial charge in [-0.3, -0.25) is 4.79 Å². The molecule has 0 saturated heterocycles. The zero-order valence-corrected chi connectivity index (χ0v) is 11.0. The number of carbonyl (C=O) groups is 1. The van der Waals surface area contributed by atoms with Crippen molar-refractivity contribution >= 4 is 5.91 Å². The normalized spacial score (nSPS) is 13.8. The molecule has 0 aliphatic heterocycles. The quantitative estimate of drug-likeness (QED) is 0.885. The van der Waals surface area contributed by atoms with Crippen LogP contribution in [0.15, 0.2) is 46.9 Å². The zero-order valence-electron chi connectivity index (χ0n) is 11.0. The first-order chi connectivity index (χ1) is 8.99. The molecule has 1 atom stereocenters. The minimum absolute atomic E-state index is 0.0910. The third kappa shape index (κ3) is 3.23. The lowest BCUT2D eigenvalue weighted by molar-refractivity contribution is 0.0323. The topological polar surface area (TPSA) is 62.5 Å². The van der Waals surface area contributed by atoms with Crippen LogP contribution in [-0.4, -0.2) is 17.6 Å². The van der Waals surface area contributed by atoms with Crippen molar-refractivity contribution in [2.24, 2.45) is 0 Å². The second-order valence-corrected chi connectivity index (χ2v) is 4.73. The first kappa shape index (κ1) is 13.4. The minimum Gasteiger partial charge on any atom is -0.463 e. The number of aliphatic hydroxyl groups is 1. The number of carbonyl (C=O) groups excluding carboxylic acids is 1. The van der Waals surface area contributed by atoms with Crippen LogP contribution in [0.4, 0.5) is 0 Å². The maximum absolute atomic E-state index is 11.9. The van der Waals surface area contributed by atoms with E-state index in [1.165, 1.54) is 0 Å². The standard InChI is InChI=1S/C15H17NO3/c1-11-8-9-13(19-11)15(2,18)10-16-14(17)12-6-4-3-5-7-12/h3-9,18H,10H2,1-2H3,(H,16,17). The van der Waals surface area contributed by atoms with E-state index in [0.29, 0.717) is 11.3 Å². The Hall–Kier alpha value is -2.07. The molecule has 0 aliphatic rings. The van der Waals surface area contributed by atoms with E-state index in [-0.39, 0.29) is 12.5 Å². The molecule has 0 radical (unpaired) electrons. The summed E-state index contributed by atoms with van der Waals surface area (Å²) in [7, 11) is 0. The van der Waals surface area contributed by atoms with Gasteiger partial charge in [-0.25, -0.2) is 0 Å². The van der Waals surface area contributed by atoms with E-state index in [4.69, 9.17) is 4.42 Å². The molecule has 2 aromatic rings. The number of benzene rings is 1. The lowest BCUT2D eigenvalue weighted by Gasteiger charge is -2.21. The van der Waals surface area contributed by atoms with Crippen LogP contribution >= 0.6 is 0 Å². The van der Waals surface area contributed by atoms with Gasteiger partial charge in [-0.05, 0) is 38.1 Å². The van der Waals surface area contributed by atoms with Gasteiger partial charge in [0.05, 0.1) is 6.54 Å². The molecule has 2 rings (SSSR count). The van der Waals surface area contributed by atoms with Crippen LogP contribution < -0.4 is 5.32 Å². The minimum atomic E-state index is -1.22. The van der Waals surface area contributed by atoms with E-state index >= 15 is 0 Å². The molecule has 0 spiro atoms. The highest BCUT2D eigenvalue weighted by atomic mass is 16.4. The zero-order chi connectivity index (χ0) is 13.9. The van der Waals surface area contributed by atoms with Gasteiger partial charge in [0.25, 0.3) is 5.91 Å². The van der Waals surface area contributed by atoms with E-state index in [9.17, 15) is 9.90 Å². The lowest BCUT2D eigenvalue weighted by atomic mass is 10.0. The molecule has 2 N–H and O–H groups in total. The van der Waals surface area contributed by atoms with Crippen molar-refractivity contribution in [3.8, 4) is 0 Å². The van der Waals surface area contributed by atoms with Crippen molar-refractivity contribution in [2.75, 3.05) is 6.54 Å². The summed E-state index contributed by atoms with van der Waals surface area (Å²) in [5.74, 6) is 0.951. The highest BCUT2D eigenvalue weighted by molar-refractivity contribution is 5.94. The summed E-state index contributed by atoms with van der Waals surface area (Å²) in [4.78, 5) is 11.9. The summed E-state index contributed by atoms with van der Waals surface area (Å²) in [6.45, 7) is 3.51. The third-order valence-corrected chi connectivity index (χ3v) is 2.90. The van der Waals surface area contributed by atoms with Gasteiger partial charge in [0, 0.05) is 5.56 Å². The van der Waals surface area contributed by atoms with Gasteiger partial charge in [0.1, 0.15) is 17.1 Å². The average molecular weight is 259 g/mol. The largest absolute Gasteiger partial charge is 0.463 e. The van der Waals surface area contributed by atoms with Crippen molar-refractivity contribution < 1.29 is 14.3 Å².